The fourth-order valence-corrected chi connectivity index (χ4v) is 3.27. The molecular weight excluding hydrogens is 328 g/mol. The van der Waals surface area contributed by atoms with Crippen LogP contribution >= 0.6 is 11.8 Å². The summed E-state index contributed by atoms with van der Waals surface area (Å²) in [5.74, 6) is -0.220. The van der Waals surface area contributed by atoms with Gasteiger partial charge in [-0.3, -0.25) is 14.9 Å². The molecule has 7 nitrogen and oxygen atoms in total. The van der Waals surface area contributed by atoms with Crippen molar-refractivity contribution in [2.24, 2.45) is 4.99 Å². The number of nitro benzene ring substituents is 1. The quantitative estimate of drug-likeness (QED) is 0.513. The van der Waals surface area contributed by atoms with Crippen molar-refractivity contribution in [3.05, 3.63) is 57.0 Å². The summed E-state index contributed by atoms with van der Waals surface area (Å²) in [5, 5.41) is 14.6. The minimum absolute atomic E-state index is 0.0566. The number of amides is 1. The van der Waals surface area contributed by atoms with Crippen LogP contribution in [0.4, 0.5) is 5.69 Å². The van der Waals surface area contributed by atoms with Crippen molar-refractivity contribution in [1.29, 1.82) is 0 Å². The van der Waals surface area contributed by atoms with Crippen molar-refractivity contribution in [1.82, 2.24) is 10.2 Å². The number of piperazine rings is 1. The number of thioether (sulfide) groups is 1. The second kappa shape index (κ2) is 7.41. The van der Waals surface area contributed by atoms with Crippen LogP contribution in [-0.4, -0.2) is 47.1 Å². The highest BCUT2D eigenvalue weighted by atomic mass is 32.2. The van der Waals surface area contributed by atoms with Gasteiger partial charge in [0.05, 0.1) is 9.83 Å². The van der Waals surface area contributed by atoms with E-state index in [1.54, 1.807) is 30.4 Å². The predicted octanol–water partition coefficient (Wildman–Crippen LogP) is 2.03. The molecule has 0 unspecified atom stereocenters. The Morgan fingerprint density at radius 2 is 1.96 bits per heavy atom. The largest absolute Gasteiger partial charge is 0.348 e. The Balaban J connectivity index is 1.62. The molecule has 0 radical (unpaired) electrons. The van der Waals surface area contributed by atoms with Gasteiger partial charge in [-0.1, -0.05) is 12.2 Å². The van der Waals surface area contributed by atoms with Crippen LogP contribution in [0.3, 0.4) is 0 Å². The molecule has 2 aliphatic rings. The monoisotopic (exact) mass is 344 g/mol. The van der Waals surface area contributed by atoms with E-state index in [9.17, 15) is 14.9 Å². The maximum Gasteiger partial charge on any atom is 0.286 e. The van der Waals surface area contributed by atoms with Crippen molar-refractivity contribution < 1.29 is 9.72 Å². The number of nitrogens with one attached hydrogen (secondary N) is 1. The predicted molar refractivity (Wildman–Crippen MR) is 94.7 cm³/mol. The highest BCUT2D eigenvalue weighted by Gasteiger charge is 2.26. The third-order valence-corrected chi connectivity index (χ3v) is 4.70. The molecule has 1 fully saturated rings. The first kappa shape index (κ1) is 16.4. The van der Waals surface area contributed by atoms with Crippen molar-refractivity contribution >= 4 is 34.6 Å². The molecule has 124 valence electrons. The molecule has 0 spiro atoms. The Hall–Kier alpha value is -2.45. The Kier molecular flexibility index (Phi) is 5.07. The van der Waals surface area contributed by atoms with Crippen LogP contribution in [0.15, 0.2) is 46.3 Å². The molecule has 1 N–H and O–H groups in total. The standard InChI is InChI=1S/C16H16N4O3S/c21-15-14(24-16(18-15)19-10-8-17-9-11-19)3-1-2-12-4-6-13(7-5-12)20(22)23/h1-7,17H,8-11H2/b2-1+,14-3+. The molecule has 8 heteroatoms. The molecule has 3 rings (SSSR count). The average Bonchev–Trinajstić information content (AvgIpc) is 2.97. The second-order valence-corrected chi connectivity index (χ2v) is 6.29. The number of hydrogen-bond donors (Lipinski definition) is 1. The highest BCUT2D eigenvalue weighted by molar-refractivity contribution is 8.18. The highest BCUT2D eigenvalue weighted by Crippen LogP contribution is 2.28. The summed E-state index contributed by atoms with van der Waals surface area (Å²) in [5.41, 5.74) is 0.886. The molecular formula is C16H16N4O3S. The molecule has 1 saturated heterocycles. The summed E-state index contributed by atoms with van der Waals surface area (Å²) >= 11 is 1.39. The maximum absolute atomic E-state index is 12.0. The fourth-order valence-electron chi connectivity index (χ4n) is 2.36. The van der Waals surface area contributed by atoms with E-state index >= 15 is 0 Å². The molecule has 1 amide bonds. The van der Waals surface area contributed by atoms with Gasteiger partial charge in [0.25, 0.3) is 11.6 Å². The van der Waals surface area contributed by atoms with Crippen molar-refractivity contribution in [2.45, 2.75) is 0 Å². The lowest BCUT2D eigenvalue weighted by Gasteiger charge is -2.27. The van der Waals surface area contributed by atoms with Gasteiger partial charge in [-0.15, -0.1) is 0 Å². The number of nitrogens with zero attached hydrogens (tertiary/aromatic N) is 3. The number of hydrogen-bond acceptors (Lipinski definition) is 6. The van der Waals surface area contributed by atoms with Gasteiger partial charge in [-0.05, 0) is 35.5 Å². The molecule has 1 aromatic carbocycles. The molecule has 0 aromatic heterocycles. The molecule has 0 saturated carbocycles. The summed E-state index contributed by atoms with van der Waals surface area (Å²) < 4.78 is 0. The number of non-ortho nitro benzene ring substituents is 1. The summed E-state index contributed by atoms with van der Waals surface area (Å²) in [7, 11) is 0. The zero-order valence-electron chi connectivity index (χ0n) is 12.8. The minimum Gasteiger partial charge on any atom is -0.348 e. The minimum atomic E-state index is -0.432. The Labute approximate surface area is 143 Å². The van der Waals surface area contributed by atoms with Crippen LogP contribution in [0.2, 0.25) is 0 Å². The second-order valence-electron chi connectivity index (χ2n) is 5.28. The zero-order valence-corrected chi connectivity index (χ0v) is 13.7. The van der Waals surface area contributed by atoms with Crippen molar-refractivity contribution in [3.63, 3.8) is 0 Å². The van der Waals surface area contributed by atoms with E-state index in [0.29, 0.717) is 4.91 Å². The number of nitro groups is 1. The number of carbonyl (C=O) groups excluding carboxylic acids is 1. The number of carbonyl (C=O) groups is 1. The third-order valence-electron chi connectivity index (χ3n) is 3.64. The number of amidine groups is 1. The first-order valence-corrected chi connectivity index (χ1v) is 8.34. The SMILES string of the molecule is O=C1N=C(N2CCNCC2)S/C1=C/C=C/c1ccc([N+](=O)[O-])cc1. The van der Waals surface area contributed by atoms with Gasteiger partial charge in [-0.25, -0.2) is 0 Å². The van der Waals surface area contributed by atoms with Gasteiger partial charge < -0.3 is 10.2 Å². The van der Waals surface area contributed by atoms with Crippen molar-refractivity contribution in [2.75, 3.05) is 26.2 Å². The Morgan fingerprint density at radius 3 is 2.62 bits per heavy atom. The van der Waals surface area contributed by atoms with Crippen LogP contribution in [0.5, 0.6) is 0 Å². The topological polar surface area (TPSA) is 87.8 Å². The van der Waals surface area contributed by atoms with Crippen LogP contribution < -0.4 is 5.32 Å². The van der Waals surface area contributed by atoms with Gasteiger partial charge in [0.15, 0.2) is 5.17 Å². The number of benzene rings is 1. The van der Waals surface area contributed by atoms with Gasteiger partial charge in [0, 0.05) is 38.3 Å². The fraction of sp³-hybridized carbons (Fsp3) is 0.250. The normalized spacial score (nSPS) is 20.0. The summed E-state index contributed by atoms with van der Waals surface area (Å²) in [4.78, 5) is 29.0. The summed E-state index contributed by atoms with van der Waals surface area (Å²) in [6.45, 7) is 3.50. The lowest BCUT2D eigenvalue weighted by atomic mass is 10.2. The van der Waals surface area contributed by atoms with Crippen molar-refractivity contribution in [3.8, 4) is 0 Å². The molecule has 1 aromatic rings. The number of aliphatic imine (C=N–C) groups is 1. The van der Waals surface area contributed by atoms with Gasteiger partial charge >= 0.3 is 0 Å². The molecule has 24 heavy (non-hydrogen) atoms. The first-order chi connectivity index (χ1) is 11.6. The number of allylic oxidation sites excluding steroid dienone is 2. The van der Waals surface area contributed by atoms with Gasteiger partial charge in [0.1, 0.15) is 0 Å². The Bertz CT molecular complexity index is 734. The van der Waals surface area contributed by atoms with Gasteiger partial charge in [-0.2, -0.15) is 4.99 Å². The molecule has 2 aliphatic heterocycles. The Morgan fingerprint density at radius 1 is 1.25 bits per heavy atom. The lowest BCUT2D eigenvalue weighted by Crippen LogP contribution is -2.45. The molecule has 0 atom stereocenters. The van der Waals surface area contributed by atoms with Gasteiger partial charge in [0.2, 0.25) is 0 Å². The lowest BCUT2D eigenvalue weighted by molar-refractivity contribution is -0.384. The van der Waals surface area contributed by atoms with E-state index in [1.807, 2.05) is 0 Å². The van der Waals surface area contributed by atoms with Crippen LogP contribution in [-0.2, 0) is 4.79 Å². The summed E-state index contributed by atoms with van der Waals surface area (Å²) in [6, 6.07) is 6.24. The van der Waals surface area contributed by atoms with E-state index < -0.39 is 4.92 Å². The van der Waals surface area contributed by atoms with E-state index in [0.717, 1.165) is 36.9 Å². The first-order valence-electron chi connectivity index (χ1n) is 7.53. The van der Waals surface area contributed by atoms with Crippen LogP contribution in [0.25, 0.3) is 6.08 Å². The average molecular weight is 344 g/mol. The third kappa shape index (κ3) is 3.90. The van der Waals surface area contributed by atoms with E-state index in [1.165, 1.54) is 23.9 Å². The number of rotatable bonds is 3. The smallest absolute Gasteiger partial charge is 0.286 e. The van der Waals surface area contributed by atoms with Crippen LogP contribution in [0.1, 0.15) is 5.56 Å². The zero-order chi connectivity index (χ0) is 16.9. The molecule has 0 aliphatic carbocycles. The van der Waals surface area contributed by atoms with E-state index in [4.69, 9.17) is 0 Å². The maximum atomic E-state index is 12.0. The molecule has 0 bridgehead atoms. The molecule has 2 heterocycles. The van der Waals surface area contributed by atoms with E-state index in [2.05, 4.69) is 15.2 Å². The van der Waals surface area contributed by atoms with E-state index in [-0.39, 0.29) is 11.6 Å². The summed E-state index contributed by atoms with van der Waals surface area (Å²) in [6.07, 6.45) is 5.29. The van der Waals surface area contributed by atoms with Crippen LogP contribution in [0, 0.1) is 10.1 Å².